The van der Waals surface area contributed by atoms with Gasteiger partial charge >= 0.3 is 0 Å². The van der Waals surface area contributed by atoms with Crippen LogP contribution >= 0.6 is 0 Å². The molecule has 0 saturated heterocycles. The third kappa shape index (κ3) is 1.45. The topological polar surface area (TPSA) is 58.9 Å². The number of imidazole rings is 1. The van der Waals surface area contributed by atoms with Gasteiger partial charge in [-0.25, -0.2) is 14.5 Å². The molecule has 0 bridgehead atoms. The minimum atomic E-state index is 0.860. The van der Waals surface area contributed by atoms with E-state index < -0.39 is 0 Å². The van der Waals surface area contributed by atoms with Crippen molar-refractivity contribution in [2.75, 3.05) is 0 Å². The van der Waals surface area contributed by atoms with Crippen LogP contribution in [-0.4, -0.2) is 24.6 Å². The zero-order valence-electron chi connectivity index (χ0n) is 10.3. The van der Waals surface area contributed by atoms with E-state index in [0.717, 1.165) is 33.6 Å². The minimum absolute atomic E-state index is 0.860. The molecule has 0 spiro atoms. The first kappa shape index (κ1) is 10.3. The van der Waals surface area contributed by atoms with Crippen LogP contribution in [0.5, 0.6) is 0 Å². The number of aromatic amines is 1. The number of aromatic nitrogens is 5. The molecule has 0 aliphatic rings. The van der Waals surface area contributed by atoms with Crippen LogP contribution in [0.15, 0.2) is 42.9 Å². The fourth-order valence-corrected chi connectivity index (χ4v) is 2.30. The Morgan fingerprint density at radius 2 is 2.11 bits per heavy atom. The van der Waals surface area contributed by atoms with E-state index in [-0.39, 0.29) is 0 Å². The summed E-state index contributed by atoms with van der Waals surface area (Å²) < 4.78 is 1.85. The van der Waals surface area contributed by atoms with E-state index in [1.165, 1.54) is 0 Å². The Labute approximate surface area is 108 Å². The average Bonchev–Trinajstić information content (AvgIpc) is 3.03. The van der Waals surface area contributed by atoms with Crippen LogP contribution in [0.1, 0.15) is 5.69 Å². The molecule has 0 atom stereocenters. The molecule has 19 heavy (non-hydrogen) atoms. The molecule has 0 saturated carbocycles. The Balaban J connectivity index is 2.01. The Hall–Kier alpha value is -2.69. The molecule has 4 heterocycles. The van der Waals surface area contributed by atoms with E-state index in [2.05, 4.69) is 20.1 Å². The van der Waals surface area contributed by atoms with Gasteiger partial charge in [0, 0.05) is 23.3 Å². The lowest BCUT2D eigenvalue weighted by Crippen LogP contribution is -1.95. The predicted octanol–water partition coefficient (Wildman–Crippen LogP) is 2.58. The molecular formula is C14H11N5. The summed E-state index contributed by atoms with van der Waals surface area (Å²) in [5, 5.41) is 5.71. The number of hydrogen-bond acceptors (Lipinski definition) is 3. The van der Waals surface area contributed by atoms with E-state index >= 15 is 0 Å². The van der Waals surface area contributed by atoms with E-state index in [9.17, 15) is 0 Å². The summed E-state index contributed by atoms with van der Waals surface area (Å²) in [6.45, 7) is 1.99. The van der Waals surface area contributed by atoms with Crippen molar-refractivity contribution in [2.45, 2.75) is 6.92 Å². The van der Waals surface area contributed by atoms with Crippen LogP contribution in [0, 0.1) is 6.92 Å². The van der Waals surface area contributed by atoms with E-state index in [0.29, 0.717) is 0 Å². The van der Waals surface area contributed by atoms with Crippen molar-refractivity contribution in [3.8, 4) is 11.3 Å². The highest BCUT2D eigenvalue weighted by Crippen LogP contribution is 2.25. The number of aryl methyl sites for hydroxylation is 1. The third-order valence-corrected chi connectivity index (χ3v) is 3.26. The van der Waals surface area contributed by atoms with Gasteiger partial charge in [-0.1, -0.05) is 0 Å². The first-order valence-corrected chi connectivity index (χ1v) is 6.07. The average molecular weight is 249 g/mol. The van der Waals surface area contributed by atoms with Crippen molar-refractivity contribution in [1.29, 1.82) is 0 Å². The molecule has 0 amide bonds. The SMILES string of the molecule is Cc1cnc2ccc(-c3c[nH]c4ncccc34)nn12. The summed E-state index contributed by atoms with van der Waals surface area (Å²) in [4.78, 5) is 11.7. The second-order valence-electron chi connectivity index (χ2n) is 4.49. The molecule has 0 aliphatic heterocycles. The van der Waals surface area contributed by atoms with Gasteiger partial charge in [0.2, 0.25) is 0 Å². The fourth-order valence-electron chi connectivity index (χ4n) is 2.30. The number of nitrogens with one attached hydrogen (secondary N) is 1. The number of H-pyrrole nitrogens is 1. The van der Waals surface area contributed by atoms with Crippen molar-refractivity contribution >= 4 is 16.7 Å². The highest BCUT2D eigenvalue weighted by molar-refractivity contribution is 5.92. The van der Waals surface area contributed by atoms with Crippen LogP contribution in [0.2, 0.25) is 0 Å². The molecule has 0 unspecified atom stereocenters. The van der Waals surface area contributed by atoms with Crippen LogP contribution in [0.3, 0.4) is 0 Å². The molecule has 0 aromatic carbocycles. The van der Waals surface area contributed by atoms with Crippen molar-refractivity contribution in [1.82, 2.24) is 24.6 Å². The standard InChI is InChI=1S/C14H11N5/c1-9-7-16-13-5-4-12(18-19(9)13)11-8-17-14-10(11)3-2-6-15-14/h2-8H,1H3,(H,15,17). The molecule has 1 N–H and O–H groups in total. The Bertz CT molecular complexity index is 887. The number of rotatable bonds is 1. The second kappa shape index (κ2) is 3.65. The summed E-state index contributed by atoms with van der Waals surface area (Å²) in [5.41, 5.74) is 4.72. The van der Waals surface area contributed by atoms with Crippen molar-refractivity contribution < 1.29 is 0 Å². The molecule has 5 nitrogen and oxygen atoms in total. The highest BCUT2D eigenvalue weighted by atomic mass is 15.3. The maximum atomic E-state index is 4.63. The summed E-state index contributed by atoms with van der Waals surface area (Å²) in [6, 6.07) is 7.93. The lowest BCUT2D eigenvalue weighted by Gasteiger charge is -2.01. The summed E-state index contributed by atoms with van der Waals surface area (Å²) in [7, 11) is 0. The van der Waals surface area contributed by atoms with Gasteiger partial charge in [-0.05, 0) is 31.2 Å². The highest BCUT2D eigenvalue weighted by Gasteiger charge is 2.09. The fraction of sp³-hybridized carbons (Fsp3) is 0.0714. The minimum Gasteiger partial charge on any atom is -0.345 e. The lowest BCUT2D eigenvalue weighted by atomic mass is 10.1. The Morgan fingerprint density at radius 1 is 1.16 bits per heavy atom. The van der Waals surface area contributed by atoms with Crippen LogP contribution < -0.4 is 0 Å². The van der Waals surface area contributed by atoms with Crippen LogP contribution in [0.4, 0.5) is 0 Å². The zero-order chi connectivity index (χ0) is 12.8. The van der Waals surface area contributed by atoms with E-state index in [1.54, 1.807) is 6.20 Å². The van der Waals surface area contributed by atoms with Crippen molar-refractivity contribution in [2.24, 2.45) is 0 Å². The Morgan fingerprint density at radius 3 is 3.05 bits per heavy atom. The second-order valence-corrected chi connectivity index (χ2v) is 4.49. The molecule has 5 heteroatoms. The maximum Gasteiger partial charge on any atom is 0.153 e. The summed E-state index contributed by atoms with van der Waals surface area (Å²) in [5.74, 6) is 0. The lowest BCUT2D eigenvalue weighted by molar-refractivity contribution is 0.906. The van der Waals surface area contributed by atoms with Crippen molar-refractivity contribution in [3.63, 3.8) is 0 Å². The Kier molecular flexibility index (Phi) is 1.97. The van der Waals surface area contributed by atoms with Gasteiger partial charge in [-0.3, -0.25) is 0 Å². The molecule has 4 aromatic rings. The molecule has 0 fully saturated rings. The van der Waals surface area contributed by atoms with Gasteiger partial charge in [-0.2, -0.15) is 5.10 Å². The van der Waals surface area contributed by atoms with Gasteiger partial charge in [-0.15, -0.1) is 0 Å². The molecule has 92 valence electrons. The first-order chi connectivity index (χ1) is 9.33. The van der Waals surface area contributed by atoms with Gasteiger partial charge in [0.05, 0.1) is 17.6 Å². The number of nitrogens with zero attached hydrogens (tertiary/aromatic N) is 4. The van der Waals surface area contributed by atoms with Gasteiger partial charge in [0.15, 0.2) is 5.65 Å². The maximum absolute atomic E-state index is 4.63. The molecular weight excluding hydrogens is 238 g/mol. The first-order valence-electron chi connectivity index (χ1n) is 6.07. The van der Waals surface area contributed by atoms with Gasteiger partial charge in [0.1, 0.15) is 5.65 Å². The van der Waals surface area contributed by atoms with Crippen LogP contribution in [-0.2, 0) is 0 Å². The third-order valence-electron chi connectivity index (χ3n) is 3.26. The number of hydrogen-bond donors (Lipinski definition) is 1. The molecule has 4 aromatic heterocycles. The van der Waals surface area contributed by atoms with Crippen LogP contribution in [0.25, 0.3) is 27.9 Å². The quantitative estimate of drug-likeness (QED) is 0.564. The number of pyridine rings is 1. The molecule has 4 rings (SSSR count). The van der Waals surface area contributed by atoms with Gasteiger partial charge in [0.25, 0.3) is 0 Å². The summed E-state index contributed by atoms with van der Waals surface area (Å²) in [6.07, 6.45) is 5.54. The van der Waals surface area contributed by atoms with E-state index in [1.807, 2.05) is 48.1 Å². The zero-order valence-corrected chi connectivity index (χ0v) is 10.3. The smallest absolute Gasteiger partial charge is 0.153 e. The largest absolute Gasteiger partial charge is 0.345 e. The molecule has 0 aliphatic carbocycles. The summed E-state index contributed by atoms with van der Waals surface area (Å²) >= 11 is 0. The van der Waals surface area contributed by atoms with Gasteiger partial charge < -0.3 is 4.98 Å². The molecule has 0 radical (unpaired) electrons. The van der Waals surface area contributed by atoms with E-state index in [4.69, 9.17) is 0 Å². The predicted molar refractivity (Wildman–Crippen MR) is 72.8 cm³/mol. The monoisotopic (exact) mass is 249 g/mol. The normalized spacial score (nSPS) is 11.4. The van der Waals surface area contributed by atoms with Crippen molar-refractivity contribution in [3.05, 3.63) is 48.5 Å². The number of fused-ring (bicyclic) bond motifs is 2.